The van der Waals surface area contributed by atoms with Gasteiger partial charge in [0.25, 0.3) is 0 Å². The summed E-state index contributed by atoms with van der Waals surface area (Å²) in [5.41, 5.74) is 0. The minimum Gasteiger partial charge on any atom is -0.381 e. The molecular weight excluding hydrogens is 232 g/mol. The van der Waals surface area contributed by atoms with E-state index in [1.807, 2.05) is 18.7 Å². The number of hydrogen-bond donors (Lipinski definition) is 1. The molecule has 0 aromatic carbocycles. The van der Waals surface area contributed by atoms with Crippen molar-refractivity contribution in [1.29, 1.82) is 0 Å². The van der Waals surface area contributed by atoms with Crippen molar-refractivity contribution >= 4 is 11.3 Å². The van der Waals surface area contributed by atoms with Crippen LogP contribution in [0.1, 0.15) is 43.5 Å². The number of nitrogens with zero attached hydrogens (tertiary/aromatic N) is 1. The van der Waals surface area contributed by atoms with E-state index in [9.17, 15) is 0 Å². The van der Waals surface area contributed by atoms with Crippen LogP contribution in [-0.4, -0.2) is 30.8 Å². The van der Waals surface area contributed by atoms with E-state index in [2.05, 4.69) is 17.2 Å². The highest BCUT2D eigenvalue weighted by atomic mass is 32.1. The van der Waals surface area contributed by atoms with Crippen molar-refractivity contribution in [2.45, 2.75) is 50.7 Å². The number of methoxy groups -OCH3 is 1. The highest BCUT2D eigenvalue weighted by Crippen LogP contribution is 2.22. The van der Waals surface area contributed by atoms with E-state index in [0.717, 1.165) is 13.0 Å². The van der Waals surface area contributed by atoms with Crippen molar-refractivity contribution in [1.82, 2.24) is 10.3 Å². The van der Waals surface area contributed by atoms with Gasteiger partial charge in [-0.15, -0.1) is 11.3 Å². The predicted molar refractivity (Wildman–Crippen MR) is 71.6 cm³/mol. The summed E-state index contributed by atoms with van der Waals surface area (Å²) in [5.74, 6) is 0.512. The van der Waals surface area contributed by atoms with Crippen LogP contribution < -0.4 is 5.32 Å². The molecule has 3 atom stereocenters. The number of nitrogens with one attached hydrogen (secondary N) is 1. The summed E-state index contributed by atoms with van der Waals surface area (Å²) in [4.78, 5) is 4.36. The minimum absolute atomic E-state index is 0.455. The van der Waals surface area contributed by atoms with E-state index in [4.69, 9.17) is 4.74 Å². The van der Waals surface area contributed by atoms with E-state index in [0.29, 0.717) is 18.1 Å². The van der Waals surface area contributed by atoms with E-state index in [1.165, 1.54) is 24.3 Å². The van der Waals surface area contributed by atoms with E-state index in [1.54, 1.807) is 11.3 Å². The molecule has 1 aromatic heterocycles. The van der Waals surface area contributed by atoms with Gasteiger partial charge in [-0.1, -0.05) is 6.92 Å². The standard InChI is InChI=1S/C13H22N2OS/c1-10(13-14-6-7-17-13)9-15-11-4-3-5-12(8-11)16-2/h6-7,10-12,15H,3-5,8-9H2,1-2H3. The van der Waals surface area contributed by atoms with Crippen LogP contribution in [0.2, 0.25) is 0 Å². The average molecular weight is 254 g/mol. The van der Waals surface area contributed by atoms with Crippen LogP contribution in [0.5, 0.6) is 0 Å². The second-order valence-corrected chi connectivity index (χ2v) is 5.83. The smallest absolute Gasteiger partial charge is 0.0965 e. The average Bonchev–Trinajstić information content (AvgIpc) is 2.90. The molecule has 2 rings (SSSR count). The first-order valence-corrected chi connectivity index (χ1v) is 7.33. The van der Waals surface area contributed by atoms with Gasteiger partial charge in [-0.2, -0.15) is 0 Å². The number of thiazole rings is 1. The Morgan fingerprint density at radius 1 is 1.59 bits per heavy atom. The lowest BCUT2D eigenvalue weighted by molar-refractivity contribution is 0.0587. The van der Waals surface area contributed by atoms with Crippen molar-refractivity contribution in [2.75, 3.05) is 13.7 Å². The SMILES string of the molecule is COC1CCCC(NCC(C)c2nccs2)C1. The second kappa shape index (κ2) is 6.47. The fraction of sp³-hybridized carbons (Fsp3) is 0.769. The molecule has 1 heterocycles. The molecule has 0 amide bonds. The summed E-state index contributed by atoms with van der Waals surface area (Å²) < 4.78 is 5.45. The molecule has 17 heavy (non-hydrogen) atoms. The molecular formula is C13H22N2OS. The molecule has 1 N–H and O–H groups in total. The van der Waals surface area contributed by atoms with Gasteiger partial charge in [0.1, 0.15) is 0 Å². The molecule has 1 fully saturated rings. The van der Waals surface area contributed by atoms with Gasteiger partial charge in [0.15, 0.2) is 0 Å². The van der Waals surface area contributed by atoms with E-state index in [-0.39, 0.29) is 0 Å². The first-order chi connectivity index (χ1) is 8.29. The molecule has 0 spiro atoms. The monoisotopic (exact) mass is 254 g/mol. The van der Waals surface area contributed by atoms with Crippen molar-refractivity contribution in [3.05, 3.63) is 16.6 Å². The molecule has 0 aliphatic heterocycles. The maximum atomic E-state index is 5.45. The Labute approximate surface area is 108 Å². The number of hydrogen-bond acceptors (Lipinski definition) is 4. The molecule has 1 aliphatic carbocycles. The predicted octanol–water partition coefficient (Wildman–Crippen LogP) is 2.79. The molecule has 3 nitrogen and oxygen atoms in total. The van der Waals surface area contributed by atoms with Crippen molar-refractivity contribution in [2.24, 2.45) is 0 Å². The molecule has 1 aromatic rings. The first kappa shape index (κ1) is 13.0. The minimum atomic E-state index is 0.455. The van der Waals surface area contributed by atoms with E-state index >= 15 is 0 Å². The lowest BCUT2D eigenvalue weighted by Crippen LogP contribution is -2.38. The molecule has 0 saturated heterocycles. The largest absolute Gasteiger partial charge is 0.381 e. The Balaban J connectivity index is 1.74. The van der Waals surface area contributed by atoms with Crippen molar-refractivity contribution in [3.63, 3.8) is 0 Å². The van der Waals surface area contributed by atoms with Gasteiger partial charge in [-0.05, 0) is 25.7 Å². The van der Waals surface area contributed by atoms with Gasteiger partial charge in [0.2, 0.25) is 0 Å². The van der Waals surface area contributed by atoms with Gasteiger partial charge in [0, 0.05) is 37.2 Å². The summed E-state index contributed by atoms with van der Waals surface area (Å²) in [6, 6.07) is 0.621. The molecule has 1 aliphatic rings. The van der Waals surface area contributed by atoms with E-state index < -0.39 is 0 Å². The Hall–Kier alpha value is -0.450. The van der Waals surface area contributed by atoms with Crippen LogP contribution in [0.4, 0.5) is 0 Å². The normalized spacial score (nSPS) is 26.9. The third-order valence-electron chi connectivity index (χ3n) is 3.55. The Morgan fingerprint density at radius 2 is 2.47 bits per heavy atom. The maximum Gasteiger partial charge on any atom is 0.0965 e. The van der Waals surface area contributed by atoms with Crippen LogP contribution in [0.25, 0.3) is 0 Å². The van der Waals surface area contributed by atoms with Crippen LogP contribution in [0, 0.1) is 0 Å². The summed E-state index contributed by atoms with van der Waals surface area (Å²) in [6.07, 6.45) is 7.28. The second-order valence-electron chi connectivity index (χ2n) is 4.90. The van der Waals surface area contributed by atoms with Crippen LogP contribution in [0.15, 0.2) is 11.6 Å². The number of rotatable bonds is 5. The fourth-order valence-electron chi connectivity index (χ4n) is 2.45. The first-order valence-electron chi connectivity index (χ1n) is 6.45. The Morgan fingerprint density at radius 3 is 3.18 bits per heavy atom. The highest BCUT2D eigenvalue weighted by molar-refractivity contribution is 7.09. The third-order valence-corrected chi connectivity index (χ3v) is 4.55. The molecule has 3 unspecified atom stereocenters. The van der Waals surface area contributed by atoms with Crippen LogP contribution >= 0.6 is 11.3 Å². The van der Waals surface area contributed by atoms with Crippen LogP contribution in [-0.2, 0) is 4.74 Å². The lowest BCUT2D eigenvalue weighted by Gasteiger charge is -2.29. The summed E-state index contributed by atoms with van der Waals surface area (Å²) >= 11 is 1.75. The Bertz CT molecular complexity index is 315. The lowest BCUT2D eigenvalue weighted by atomic mass is 9.92. The highest BCUT2D eigenvalue weighted by Gasteiger charge is 2.21. The summed E-state index contributed by atoms with van der Waals surface area (Å²) in [7, 11) is 1.82. The molecule has 0 radical (unpaired) electrons. The number of aromatic nitrogens is 1. The quantitative estimate of drug-likeness (QED) is 0.877. The van der Waals surface area contributed by atoms with Gasteiger partial charge >= 0.3 is 0 Å². The summed E-state index contributed by atoms with van der Waals surface area (Å²) in [6.45, 7) is 3.26. The molecule has 0 bridgehead atoms. The van der Waals surface area contributed by atoms with Crippen molar-refractivity contribution in [3.8, 4) is 0 Å². The zero-order chi connectivity index (χ0) is 12.1. The zero-order valence-corrected chi connectivity index (χ0v) is 11.5. The van der Waals surface area contributed by atoms with Crippen molar-refractivity contribution < 1.29 is 4.74 Å². The topological polar surface area (TPSA) is 34.1 Å². The van der Waals surface area contributed by atoms with Gasteiger partial charge in [-0.3, -0.25) is 0 Å². The van der Waals surface area contributed by atoms with Gasteiger partial charge in [-0.25, -0.2) is 4.98 Å². The Kier molecular flexibility index (Phi) is 4.95. The van der Waals surface area contributed by atoms with Gasteiger partial charge in [0.05, 0.1) is 11.1 Å². The zero-order valence-electron chi connectivity index (χ0n) is 10.7. The molecule has 96 valence electrons. The summed E-state index contributed by atoms with van der Waals surface area (Å²) in [5, 5.41) is 6.94. The molecule has 1 saturated carbocycles. The van der Waals surface area contributed by atoms with Crippen LogP contribution in [0.3, 0.4) is 0 Å². The van der Waals surface area contributed by atoms with Gasteiger partial charge < -0.3 is 10.1 Å². The third kappa shape index (κ3) is 3.76. The molecule has 4 heteroatoms. The number of ether oxygens (including phenoxy) is 1. The fourth-order valence-corrected chi connectivity index (χ4v) is 3.15. The maximum absolute atomic E-state index is 5.45.